The molecule has 2 unspecified atom stereocenters. The number of nitrogens with zero attached hydrogens (tertiary/aromatic N) is 1. The number of benzene rings is 1. The van der Waals surface area contributed by atoms with Crippen molar-refractivity contribution in [2.45, 2.75) is 19.3 Å². The lowest BCUT2D eigenvalue weighted by atomic mass is 9.88. The predicted octanol–water partition coefficient (Wildman–Crippen LogP) is 1.20. The molecule has 5 heteroatoms. The Bertz CT molecular complexity index is 564. The molecule has 1 fully saturated rings. The molecule has 2 aliphatic rings. The average Bonchev–Trinajstić information content (AvgIpc) is 3.03. The third-order valence-electron chi connectivity index (χ3n) is 4.40. The average molecular weight is 274 g/mol. The molecule has 0 bridgehead atoms. The zero-order valence-corrected chi connectivity index (χ0v) is 11.4. The van der Waals surface area contributed by atoms with Gasteiger partial charge in [0.25, 0.3) is 0 Å². The number of carboxylic acid groups (broad SMARTS) is 1. The maximum atomic E-state index is 12.8. The van der Waals surface area contributed by atoms with Crippen molar-refractivity contribution in [2.24, 2.45) is 5.41 Å². The van der Waals surface area contributed by atoms with E-state index in [1.807, 2.05) is 25.1 Å². The molecule has 1 amide bonds. The highest BCUT2D eigenvalue weighted by molar-refractivity contribution is 6.02. The van der Waals surface area contributed by atoms with Gasteiger partial charge in [-0.05, 0) is 31.5 Å². The van der Waals surface area contributed by atoms with Gasteiger partial charge in [-0.25, -0.2) is 0 Å². The third kappa shape index (κ3) is 1.89. The molecule has 2 atom stereocenters. The van der Waals surface area contributed by atoms with Crippen molar-refractivity contribution in [1.82, 2.24) is 5.32 Å². The van der Waals surface area contributed by atoms with Crippen LogP contribution in [-0.4, -0.2) is 36.6 Å². The van der Waals surface area contributed by atoms with Gasteiger partial charge in [-0.1, -0.05) is 18.2 Å². The largest absolute Gasteiger partial charge is 0.481 e. The van der Waals surface area contributed by atoms with Crippen LogP contribution >= 0.6 is 0 Å². The summed E-state index contributed by atoms with van der Waals surface area (Å²) in [6.45, 7) is 3.68. The smallest absolute Gasteiger partial charge is 0.312 e. The Kier molecular flexibility index (Phi) is 3.01. The highest BCUT2D eigenvalue weighted by Gasteiger charge is 2.44. The van der Waals surface area contributed by atoms with Gasteiger partial charge in [0.2, 0.25) is 5.91 Å². The summed E-state index contributed by atoms with van der Waals surface area (Å²) < 4.78 is 0. The number of hydrogen-bond acceptors (Lipinski definition) is 3. The summed E-state index contributed by atoms with van der Waals surface area (Å²) in [7, 11) is 0. The van der Waals surface area contributed by atoms with Gasteiger partial charge in [-0.15, -0.1) is 0 Å². The molecule has 0 saturated carbocycles. The second kappa shape index (κ2) is 4.59. The number of carbonyl (C=O) groups excluding carboxylic acids is 1. The Hall–Kier alpha value is -1.88. The number of rotatable bonds is 2. The number of carboxylic acids is 1. The normalized spacial score (nSPS) is 28.4. The van der Waals surface area contributed by atoms with Gasteiger partial charge in [0, 0.05) is 18.8 Å². The van der Waals surface area contributed by atoms with E-state index in [0.717, 1.165) is 24.2 Å². The zero-order valence-electron chi connectivity index (χ0n) is 11.4. The molecule has 2 N–H and O–H groups in total. The third-order valence-corrected chi connectivity index (χ3v) is 4.40. The quantitative estimate of drug-likeness (QED) is 0.850. The van der Waals surface area contributed by atoms with Crippen LogP contribution in [-0.2, 0) is 9.59 Å². The lowest BCUT2D eigenvalue weighted by Crippen LogP contribution is -2.43. The fourth-order valence-electron chi connectivity index (χ4n) is 3.14. The van der Waals surface area contributed by atoms with E-state index in [4.69, 9.17) is 0 Å². The van der Waals surface area contributed by atoms with Crippen molar-refractivity contribution in [3.63, 3.8) is 0 Å². The van der Waals surface area contributed by atoms with Gasteiger partial charge >= 0.3 is 5.97 Å². The molecule has 106 valence electrons. The first-order valence-electron chi connectivity index (χ1n) is 6.87. The van der Waals surface area contributed by atoms with E-state index in [9.17, 15) is 14.7 Å². The van der Waals surface area contributed by atoms with Gasteiger partial charge in [-0.2, -0.15) is 0 Å². The molecule has 3 rings (SSSR count). The second-order valence-electron chi connectivity index (χ2n) is 5.85. The van der Waals surface area contributed by atoms with Crippen molar-refractivity contribution in [3.8, 4) is 0 Å². The van der Waals surface area contributed by atoms with E-state index in [2.05, 4.69) is 5.32 Å². The number of nitrogens with one attached hydrogen (secondary N) is 1. The first-order valence-corrected chi connectivity index (χ1v) is 6.87. The first kappa shape index (κ1) is 13.1. The molecule has 0 radical (unpaired) electrons. The maximum Gasteiger partial charge on any atom is 0.312 e. The van der Waals surface area contributed by atoms with Crippen LogP contribution in [0, 0.1) is 5.41 Å². The monoisotopic (exact) mass is 274 g/mol. The molecule has 1 saturated heterocycles. The van der Waals surface area contributed by atoms with E-state index in [0.29, 0.717) is 6.54 Å². The van der Waals surface area contributed by atoms with E-state index in [1.165, 1.54) is 0 Å². The van der Waals surface area contributed by atoms with Crippen LogP contribution < -0.4 is 10.2 Å². The topological polar surface area (TPSA) is 69.6 Å². The van der Waals surface area contributed by atoms with Crippen LogP contribution in [0.5, 0.6) is 0 Å². The summed E-state index contributed by atoms with van der Waals surface area (Å²) >= 11 is 0. The number of amides is 1. The predicted molar refractivity (Wildman–Crippen MR) is 74.8 cm³/mol. The van der Waals surface area contributed by atoms with Crippen molar-refractivity contribution >= 4 is 17.6 Å². The Morgan fingerprint density at radius 3 is 2.80 bits per heavy atom. The number of carbonyl (C=O) groups is 2. The minimum atomic E-state index is -0.873. The molecule has 0 aromatic heterocycles. The maximum absolute atomic E-state index is 12.8. The van der Waals surface area contributed by atoms with E-state index < -0.39 is 17.3 Å². The Labute approximate surface area is 117 Å². The van der Waals surface area contributed by atoms with Gasteiger partial charge in [0.15, 0.2) is 0 Å². The van der Waals surface area contributed by atoms with Gasteiger partial charge in [0.1, 0.15) is 5.92 Å². The number of fused-ring (bicyclic) bond motifs is 1. The van der Waals surface area contributed by atoms with Gasteiger partial charge in [-0.3, -0.25) is 9.59 Å². The fraction of sp³-hybridized carbons (Fsp3) is 0.467. The van der Waals surface area contributed by atoms with Crippen molar-refractivity contribution < 1.29 is 14.7 Å². The van der Waals surface area contributed by atoms with Crippen molar-refractivity contribution in [3.05, 3.63) is 29.8 Å². The van der Waals surface area contributed by atoms with Crippen molar-refractivity contribution in [2.75, 3.05) is 24.5 Å². The van der Waals surface area contributed by atoms with Crippen LogP contribution in [0.15, 0.2) is 24.3 Å². The Morgan fingerprint density at radius 2 is 2.15 bits per heavy atom. The Balaban J connectivity index is 1.96. The molecule has 2 aliphatic heterocycles. The standard InChI is InChI=1S/C15H18N2O3/c1-15(6-7-16-9-15)14(20)17-8-11(13(18)19)10-4-2-3-5-12(10)17/h2-5,11,16H,6-9H2,1H3,(H,18,19). The number of hydrogen-bond donors (Lipinski definition) is 2. The first-order chi connectivity index (χ1) is 9.53. The zero-order chi connectivity index (χ0) is 14.3. The van der Waals surface area contributed by atoms with Crippen LogP contribution in [0.2, 0.25) is 0 Å². The van der Waals surface area contributed by atoms with Crippen molar-refractivity contribution in [1.29, 1.82) is 0 Å². The molecule has 1 aromatic carbocycles. The van der Waals surface area contributed by atoms with Crippen LogP contribution in [0.3, 0.4) is 0 Å². The number of aliphatic carboxylic acids is 1. The van der Waals surface area contributed by atoms with Crippen LogP contribution in [0.25, 0.3) is 0 Å². The summed E-state index contributed by atoms with van der Waals surface area (Å²) in [5.41, 5.74) is 1.06. The minimum Gasteiger partial charge on any atom is -0.481 e. The van der Waals surface area contributed by atoms with E-state index in [-0.39, 0.29) is 12.5 Å². The number of anilines is 1. The van der Waals surface area contributed by atoms with E-state index >= 15 is 0 Å². The molecule has 0 spiro atoms. The SMILES string of the molecule is CC1(C(=O)N2CC(C(=O)O)c3ccccc32)CCNC1. The molecule has 20 heavy (non-hydrogen) atoms. The number of para-hydroxylation sites is 1. The molecular weight excluding hydrogens is 256 g/mol. The van der Waals surface area contributed by atoms with Gasteiger partial charge in [0.05, 0.1) is 5.41 Å². The highest BCUT2D eigenvalue weighted by Crippen LogP contribution is 2.39. The van der Waals surface area contributed by atoms with E-state index in [1.54, 1.807) is 11.0 Å². The molecule has 2 heterocycles. The molecule has 0 aliphatic carbocycles. The summed E-state index contributed by atoms with van der Waals surface area (Å²) in [5.74, 6) is -1.46. The molecule has 5 nitrogen and oxygen atoms in total. The van der Waals surface area contributed by atoms with Crippen LogP contribution in [0.4, 0.5) is 5.69 Å². The van der Waals surface area contributed by atoms with Gasteiger partial charge < -0.3 is 15.3 Å². The lowest BCUT2D eigenvalue weighted by Gasteiger charge is -2.28. The fourth-order valence-corrected chi connectivity index (χ4v) is 3.14. The summed E-state index contributed by atoms with van der Waals surface area (Å²) in [5, 5.41) is 12.6. The molecular formula is C15H18N2O3. The second-order valence-corrected chi connectivity index (χ2v) is 5.85. The summed E-state index contributed by atoms with van der Waals surface area (Å²) in [6.07, 6.45) is 0.794. The lowest BCUT2D eigenvalue weighted by molar-refractivity contribution is -0.138. The summed E-state index contributed by atoms with van der Waals surface area (Å²) in [6, 6.07) is 7.30. The molecule has 1 aromatic rings. The Morgan fingerprint density at radius 1 is 1.40 bits per heavy atom. The summed E-state index contributed by atoms with van der Waals surface area (Å²) in [4.78, 5) is 25.8. The minimum absolute atomic E-state index is 0.0266. The highest BCUT2D eigenvalue weighted by atomic mass is 16.4. The van der Waals surface area contributed by atoms with Crippen LogP contribution in [0.1, 0.15) is 24.8 Å².